The first-order valence-electron chi connectivity index (χ1n) is 6.16. The van der Waals surface area contributed by atoms with Gasteiger partial charge in [-0.05, 0) is 32.7 Å². The molecule has 0 heterocycles. The lowest BCUT2D eigenvalue weighted by atomic mass is 10.1. The molecule has 0 aliphatic carbocycles. The highest BCUT2D eigenvalue weighted by Gasteiger charge is 2.34. The minimum atomic E-state index is -3.27. The fraction of sp³-hybridized carbons (Fsp3) is 0.429. The van der Waals surface area contributed by atoms with Crippen LogP contribution in [0, 0.1) is 6.92 Å². The predicted molar refractivity (Wildman–Crippen MR) is 84.1 cm³/mol. The van der Waals surface area contributed by atoms with E-state index < -0.39 is 13.4 Å². The number of hydrogen-bond acceptors (Lipinski definition) is 4. The summed E-state index contributed by atoms with van der Waals surface area (Å²) in [5.74, 6) is -0.550. The van der Waals surface area contributed by atoms with Crippen LogP contribution in [-0.2, 0) is 13.6 Å². The van der Waals surface area contributed by atoms with E-state index in [9.17, 15) is 4.57 Å². The Morgan fingerprint density at radius 3 is 2.15 bits per heavy atom. The number of benzene rings is 1. The molecule has 4 nitrogen and oxygen atoms in total. The molecule has 0 aliphatic rings. The topological polar surface area (TPSA) is 38.8 Å². The average Bonchev–Trinajstić information content (AvgIpc) is 2.44. The summed E-state index contributed by atoms with van der Waals surface area (Å²) in [5.41, 5.74) is 2.02. The van der Waals surface area contributed by atoms with Gasteiger partial charge in [-0.25, -0.2) is 0 Å². The summed E-state index contributed by atoms with van der Waals surface area (Å²) in [5, 5.41) is 0.512. The van der Waals surface area contributed by atoms with E-state index in [0.717, 1.165) is 11.1 Å². The zero-order valence-corrected chi connectivity index (χ0v) is 14.1. The summed E-state index contributed by atoms with van der Waals surface area (Å²) in [4.78, 5) is 1.75. The summed E-state index contributed by atoms with van der Waals surface area (Å²) < 4.78 is 22.6. The molecule has 1 atom stereocenters. The Balaban J connectivity index is 3.14. The largest absolute Gasteiger partial charge is 0.351 e. The molecule has 0 spiro atoms. The van der Waals surface area contributed by atoms with Crippen molar-refractivity contribution in [2.45, 2.75) is 12.7 Å². The number of hydrogen-bond donors (Lipinski definition) is 0. The maximum absolute atomic E-state index is 12.5. The van der Waals surface area contributed by atoms with Crippen LogP contribution in [0.1, 0.15) is 11.1 Å². The Bertz CT molecular complexity index is 506. The van der Waals surface area contributed by atoms with Crippen molar-refractivity contribution in [1.29, 1.82) is 0 Å². The molecule has 0 fully saturated rings. The number of nitrogens with zero attached hydrogens (tertiary/aromatic N) is 1. The van der Waals surface area contributed by atoms with Crippen molar-refractivity contribution in [1.82, 2.24) is 4.90 Å². The first-order chi connectivity index (χ1) is 9.34. The van der Waals surface area contributed by atoms with Gasteiger partial charge in [0.1, 0.15) is 5.78 Å². The van der Waals surface area contributed by atoms with Gasteiger partial charge in [0.05, 0.1) is 0 Å². The molecule has 0 radical (unpaired) electrons. The van der Waals surface area contributed by atoms with Crippen molar-refractivity contribution >= 4 is 24.2 Å². The molecule has 0 saturated carbocycles. The smallest absolute Gasteiger partial charge is 0.311 e. The Hall–Kier alpha value is -0.640. The summed E-state index contributed by atoms with van der Waals surface area (Å²) in [7, 11) is 3.07. The Morgan fingerprint density at radius 2 is 1.75 bits per heavy atom. The molecular weight excluding hydrogens is 297 g/mol. The first kappa shape index (κ1) is 17.4. The fourth-order valence-corrected chi connectivity index (χ4v) is 3.57. The first-order valence-corrected chi connectivity index (χ1v) is 8.15. The number of rotatable bonds is 6. The second kappa shape index (κ2) is 7.39. The minimum Gasteiger partial charge on any atom is -0.311 e. The summed E-state index contributed by atoms with van der Waals surface area (Å²) in [6.45, 7) is 2.01. The van der Waals surface area contributed by atoms with Crippen LogP contribution in [0.25, 0.3) is 5.03 Å². The molecule has 112 valence electrons. The molecule has 6 heteroatoms. The van der Waals surface area contributed by atoms with Gasteiger partial charge in [0.2, 0.25) is 0 Å². The predicted octanol–water partition coefficient (Wildman–Crippen LogP) is 3.95. The molecule has 0 aromatic heterocycles. The van der Waals surface area contributed by atoms with Crippen LogP contribution in [0.4, 0.5) is 0 Å². The average molecular weight is 318 g/mol. The summed E-state index contributed by atoms with van der Waals surface area (Å²) in [6, 6.07) is 7.79. The normalized spacial score (nSPS) is 14.7. The van der Waals surface area contributed by atoms with Gasteiger partial charge in [-0.15, -0.1) is 0 Å². The van der Waals surface area contributed by atoms with E-state index in [4.69, 9.17) is 20.6 Å². The summed E-state index contributed by atoms with van der Waals surface area (Å²) >= 11 is 6.32. The Labute approximate surface area is 125 Å². The molecule has 1 aromatic carbocycles. The third-order valence-corrected chi connectivity index (χ3v) is 5.61. The van der Waals surface area contributed by atoms with Crippen LogP contribution in [0.15, 0.2) is 30.3 Å². The molecule has 0 unspecified atom stereocenters. The van der Waals surface area contributed by atoms with Crippen LogP contribution in [0.5, 0.6) is 0 Å². The van der Waals surface area contributed by atoms with Crippen LogP contribution < -0.4 is 0 Å². The minimum absolute atomic E-state index is 0.512. The quantitative estimate of drug-likeness (QED) is 0.745. The van der Waals surface area contributed by atoms with Gasteiger partial charge in [0.25, 0.3) is 0 Å². The molecule has 0 bridgehead atoms. The zero-order valence-electron chi connectivity index (χ0n) is 12.5. The van der Waals surface area contributed by atoms with Crippen molar-refractivity contribution in [3.05, 3.63) is 41.5 Å². The van der Waals surface area contributed by atoms with Gasteiger partial charge < -0.3 is 9.05 Å². The van der Waals surface area contributed by atoms with Crippen molar-refractivity contribution < 1.29 is 13.6 Å². The molecule has 0 N–H and O–H groups in total. The van der Waals surface area contributed by atoms with Crippen molar-refractivity contribution in [3.63, 3.8) is 0 Å². The van der Waals surface area contributed by atoms with Crippen LogP contribution in [0.3, 0.4) is 0 Å². The third kappa shape index (κ3) is 4.18. The van der Waals surface area contributed by atoms with Gasteiger partial charge in [-0.1, -0.05) is 41.4 Å². The van der Waals surface area contributed by atoms with Crippen molar-refractivity contribution in [2.75, 3.05) is 28.3 Å². The lowest BCUT2D eigenvalue weighted by Gasteiger charge is -2.27. The lowest BCUT2D eigenvalue weighted by molar-refractivity contribution is 0.242. The number of aryl methyl sites for hydroxylation is 1. The molecule has 1 aromatic rings. The second-order valence-corrected chi connectivity index (χ2v) is 7.41. The highest BCUT2D eigenvalue weighted by molar-refractivity contribution is 7.54. The standard InChI is InChI=1S/C14H21ClNO3P/c1-11-6-8-12(9-7-11)13(15)10-14(16(2)3)20(17,18-4)19-5/h6-10,14H,1-5H3/b13-10-/t14-/m1/s1. The zero-order chi connectivity index (χ0) is 15.3. The summed E-state index contributed by atoms with van der Waals surface area (Å²) in [6.07, 6.45) is 1.69. The third-order valence-electron chi connectivity index (χ3n) is 2.98. The molecule has 0 amide bonds. The van der Waals surface area contributed by atoms with Gasteiger partial charge in [0, 0.05) is 19.3 Å². The molecule has 0 aliphatic heterocycles. The number of halogens is 1. The van der Waals surface area contributed by atoms with Crippen molar-refractivity contribution in [3.8, 4) is 0 Å². The monoisotopic (exact) mass is 317 g/mol. The Kier molecular flexibility index (Phi) is 6.44. The maximum Gasteiger partial charge on any atom is 0.351 e. The molecule has 20 heavy (non-hydrogen) atoms. The van der Waals surface area contributed by atoms with E-state index in [0.29, 0.717) is 5.03 Å². The van der Waals surface area contributed by atoms with Gasteiger partial charge in [0.15, 0.2) is 0 Å². The second-order valence-electron chi connectivity index (χ2n) is 4.66. The molecule has 0 saturated heterocycles. The molecule has 1 rings (SSSR count). The Morgan fingerprint density at radius 1 is 1.25 bits per heavy atom. The van der Waals surface area contributed by atoms with Gasteiger partial charge >= 0.3 is 7.60 Å². The fourth-order valence-electron chi connectivity index (χ4n) is 1.75. The number of likely N-dealkylation sites (N-methyl/N-ethyl adjacent to an activating group) is 1. The van der Waals surface area contributed by atoms with E-state index in [-0.39, 0.29) is 0 Å². The van der Waals surface area contributed by atoms with E-state index >= 15 is 0 Å². The van der Waals surface area contributed by atoms with Crippen molar-refractivity contribution in [2.24, 2.45) is 0 Å². The highest BCUT2D eigenvalue weighted by atomic mass is 35.5. The van der Waals surface area contributed by atoms with Gasteiger partial charge in [-0.3, -0.25) is 9.46 Å². The lowest BCUT2D eigenvalue weighted by Crippen LogP contribution is -2.27. The van der Waals surface area contributed by atoms with E-state index in [2.05, 4.69) is 0 Å². The highest BCUT2D eigenvalue weighted by Crippen LogP contribution is 2.53. The SMILES string of the molecule is COP(=O)(OC)[C@H](/C=C(\Cl)c1ccc(C)cc1)N(C)C. The van der Waals surface area contributed by atoms with Crippen LogP contribution >= 0.6 is 19.2 Å². The van der Waals surface area contributed by atoms with Crippen LogP contribution in [-0.4, -0.2) is 39.0 Å². The molecular formula is C14H21ClNO3P. The van der Waals surface area contributed by atoms with E-state index in [1.165, 1.54) is 14.2 Å². The van der Waals surface area contributed by atoms with Crippen LogP contribution in [0.2, 0.25) is 0 Å². The van der Waals surface area contributed by atoms with E-state index in [1.807, 2.05) is 31.2 Å². The maximum atomic E-state index is 12.5. The van der Waals surface area contributed by atoms with E-state index in [1.54, 1.807) is 25.1 Å². The van der Waals surface area contributed by atoms with Gasteiger partial charge in [-0.2, -0.15) is 0 Å².